The van der Waals surface area contributed by atoms with E-state index in [1.807, 2.05) is 13.0 Å². The Hall–Kier alpha value is -1.56. The van der Waals surface area contributed by atoms with Crippen molar-refractivity contribution in [2.45, 2.75) is 84.0 Å². The van der Waals surface area contributed by atoms with Gasteiger partial charge in [-0.2, -0.15) is 0 Å². The van der Waals surface area contributed by atoms with Crippen LogP contribution in [0.25, 0.3) is 0 Å². The monoisotopic (exact) mass is 412 g/mol. The van der Waals surface area contributed by atoms with Gasteiger partial charge in [0, 0.05) is 6.42 Å². The summed E-state index contributed by atoms with van der Waals surface area (Å²) in [4.78, 5) is 10.9. The van der Waals surface area contributed by atoms with Gasteiger partial charge in [-0.3, -0.25) is 4.79 Å². The molecule has 5 nitrogen and oxygen atoms in total. The molecule has 0 saturated heterocycles. The molecule has 6 heteroatoms. The van der Waals surface area contributed by atoms with E-state index >= 15 is 0 Å². The molecule has 0 atom stereocenters. The van der Waals surface area contributed by atoms with Crippen molar-refractivity contribution in [1.29, 1.82) is 0 Å². The highest BCUT2D eigenvalue weighted by Gasteiger charge is 2.30. The second-order valence-electron chi connectivity index (χ2n) is 9.30. The molecule has 0 fully saturated rings. The fourth-order valence-corrected chi connectivity index (χ4v) is 5.05. The average Bonchev–Trinajstić information content (AvgIpc) is 2.52. The average molecular weight is 413 g/mol. The normalized spacial score (nSPS) is 12.8. The maximum atomic E-state index is 13.0. The molecule has 1 N–H and O–H groups in total. The topological polar surface area (TPSA) is 80.7 Å². The van der Waals surface area contributed by atoms with Crippen molar-refractivity contribution in [2.24, 2.45) is 5.41 Å². The van der Waals surface area contributed by atoms with Crippen LogP contribution in [0.4, 0.5) is 0 Å². The van der Waals surface area contributed by atoms with Crippen LogP contribution in [0.2, 0.25) is 0 Å². The maximum Gasteiger partial charge on any atom is 0.303 e. The number of sulfone groups is 1. The first-order valence-corrected chi connectivity index (χ1v) is 11.7. The van der Waals surface area contributed by atoms with Crippen LogP contribution >= 0.6 is 0 Å². The second kappa shape index (κ2) is 9.77. The van der Waals surface area contributed by atoms with Crippen molar-refractivity contribution in [2.75, 3.05) is 12.4 Å². The molecule has 0 amide bonds. The number of ether oxygens (including phenoxy) is 1. The molecule has 0 unspecified atom stereocenters. The van der Waals surface area contributed by atoms with Crippen LogP contribution in [0.15, 0.2) is 23.1 Å². The number of aliphatic carboxylic acids is 1. The molecule has 0 spiro atoms. The van der Waals surface area contributed by atoms with Gasteiger partial charge in [0.05, 0.1) is 12.4 Å². The standard InChI is InChI=1S/C22H36O5S/c1-7-8-13-27-18-12-11-17(22(5,6)16-21(2,3)4)15-19(18)28(25,26)14-9-10-20(23)24/h11-12,15H,7-10,13-14,16H2,1-6H3,(H,23,24). The second-order valence-corrected chi connectivity index (χ2v) is 11.4. The Morgan fingerprint density at radius 2 is 1.75 bits per heavy atom. The van der Waals surface area contributed by atoms with Gasteiger partial charge in [-0.1, -0.05) is 54.0 Å². The molecule has 0 aliphatic rings. The Labute approximate surface area is 170 Å². The third-order valence-corrected chi connectivity index (χ3v) is 6.41. The van der Waals surface area contributed by atoms with Gasteiger partial charge in [0.1, 0.15) is 10.6 Å². The van der Waals surface area contributed by atoms with E-state index in [0.717, 1.165) is 24.8 Å². The summed E-state index contributed by atoms with van der Waals surface area (Å²) in [6.07, 6.45) is 2.61. The Kier molecular flexibility index (Phi) is 8.54. The van der Waals surface area contributed by atoms with Crippen molar-refractivity contribution in [3.05, 3.63) is 23.8 Å². The van der Waals surface area contributed by atoms with Crippen LogP contribution < -0.4 is 4.74 Å². The summed E-state index contributed by atoms with van der Waals surface area (Å²) in [7, 11) is -3.64. The fraction of sp³-hybridized carbons (Fsp3) is 0.682. The number of unbranched alkanes of at least 4 members (excludes halogenated alkanes) is 1. The molecule has 1 rings (SSSR count). The molecule has 0 radical (unpaired) electrons. The molecule has 0 saturated carbocycles. The summed E-state index contributed by atoms with van der Waals surface area (Å²) < 4.78 is 31.7. The number of carboxylic acids is 1. The Balaban J connectivity index is 3.28. The maximum absolute atomic E-state index is 13.0. The van der Waals surface area contributed by atoms with Gasteiger partial charge in [0.2, 0.25) is 0 Å². The molecule has 0 heterocycles. The van der Waals surface area contributed by atoms with Gasteiger partial charge in [-0.15, -0.1) is 0 Å². The van der Waals surface area contributed by atoms with Crippen molar-refractivity contribution in [1.82, 2.24) is 0 Å². The molecular weight excluding hydrogens is 376 g/mol. The lowest BCUT2D eigenvalue weighted by atomic mass is 9.72. The minimum Gasteiger partial charge on any atom is -0.492 e. The van der Waals surface area contributed by atoms with E-state index in [4.69, 9.17) is 9.84 Å². The number of hydrogen-bond acceptors (Lipinski definition) is 4. The lowest BCUT2D eigenvalue weighted by molar-refractivity contribution is -0.137. The zero-order valence-corrected chi connectivity index (χ0v) is 19.0. The smallest absolute Gasteiger partial charge is 0.303 e. The Morgan fingerprint density at radius 1 is 1.11 bits per heavy atom. The van der Waals surface area contributed by atoms with Crippen LogP contribution in [0, 0.1) is 5.41 Å². The van der Waals surface area contributed by atoms with Gasteiger partial charge < -0.3 is 9.84 Å². The van der Waals surface area contributed by atoms with E-state index in [9.17, 15) is 13.2 Å². The number of benzene rings is 1. The summed E-state index contributed by atoms with van der Waals surface area (Å²) in [5.74, 6) is -0.833. The summed E-state index contributed by atoms with van der Waals surface area (Å²) >= 11 is 0. The molecule has 1 aromatic rings. The first-order chi connectivity index (χ1) is 12.8. The third-order valence-electron chi connectivity index (χ3n) is 4.59. The van der Waals surface area contributed by atoms with Gasteiger partial charge in [-0.05, 0) is 47.8 Å². The van der Waals surface area contributed by atoms with E-state index in [1.54, 1.807) is 12.1 Å². The lowest BCUT2D eigenvalue weighted by Crippen LogP contribution is -2.25. The van der Waals surface area contributed by atoms with Crippen molar-refractivity contribution in [3.63, 3.8) is 0 Å². The SMILES string of the molecule is CCCCOc1ccc(C(C)(C)CC(C)(C)C)cc1S(=O)(=O)CCCC(=O)O. The molecule has 0 aliphatic heterocycles. The fourth-order valence-electron chi connectivity index (χ4n) is 3.57. The van der Waals surface area contributed by atoms with Gasteiger partial charge >= 0.3 is 5.97 Å². The molecule has 0 aromatic heterocycles. The molecular formula is C22H36O5S. The van der Waals surface area contributed by atoms with Crippen LogP contribution in [-0.4, -0.2) is 31.9 Å². The van der Waals surface area contributed by atoms with E-state index in [2.05, 4.69) is 34.6 Å². The van der Waals surface area contributed by atoms with Gasteiger partial charge in [-0.25, -0.2) is 8.42 Å². The third kappa shape index (κ3) is 7.82. The van der Waals surface area contributed by atoms with Crippen molar-refractivity contribution >= 4 is 15.8 Å². The van der Waals surface area contributed by atoms with Gasteiger partial charge in [0.25, 0.3) is 0 Å². The predicted molar refractivity (Wildman–Crippen MR) is 113 cm³/mol. The zero-order chi connectivity index (χ0) is 21.6. The van der Waals surface area contributed by atoms with Crippen molar-refractivity contribution in [3.8, 4) is 5.75 Å². The Bertz CT molecular complexity index is 758. The molecule has 1 aromatic carbocycles. The minimum atomic E-state index is -3.64. The summed E-state index contributed by atoms with van der Waals surface area (Å²) in [6.45, 7) is 13.2. The van der Waals surface area contributed by atoms with E-state index in [1.165, 1.54) is 0 Å². The Morgan fingerprint density at radius 3 is 2.29 bits per heavy atom. The first-order valence-electron chi connectivity index (χ1n) is 10.0. The highest BCUT2D eigenvalue weighted by molar-refractivity contribution is 7.91. The van der Waals surface area contributed by atoms with E-state index in [-0.39, 0.29) is 34.3 Å². The quantitative estimate of drug-likeness (QED) is 0.504. The lowest BCUT2D eigenvalue weighted by Gasteiger charge is -2.33. The summed E-state index contributed by atoms with van der Waals surface area (Å²) in [5, 5.41) is 8.82. The molecule has 0 bridgehead atoms. The minimum absolute atomic E-state index is 0.0850. The highest BCUT2D eigenvalue weighted by atomic mass is 32.2. The van der Waals surface area contributed by atoms with Gasteiger partial charge in [0.15, 0.2) is 9.84 Å². The van der Waals surface area contributed by atoms with Crippen LogP contribution in [0.3, 0.4) is 0 Å². The zero-order valence-electron chi connectivity index (χ0n) is 18.2. The largest absolute Gasteiger partial charge is 0.492 e. The molecule has 28 heavy (non-hydrogen) atoms. The van der Waals surface area contributed by atoms with Crippen LogP contribution in [0.1, 0.15) is 79.2 Å². The van der Waals surface area contributed by atoms with E-state index < -0.39 is 15.8 Å². The van der Waals surface area contributed by atoms with Crippen LogP contribution in [0.5, 0.6) is 5.75 Å². The molecule has 0 aliphatic carbocycles. The summed E-state index contributed by atoms with van der Waals surface area (Å²) in [6, 6.07) is 5.42. The molecule has 160 valence electrons. The first kappa shape index (κ1) is 24.5. The predicted octanol–water partition coefficient (Wildman–Crippen LogP) is 5.22. The number of hydrogen-bond donors (Lipinski definition) is 1. The van der Waals surface area contributed by atoms with Crippen molar-refractivity contribution < 1.29 is 23.1 Å². The number of carboxylic acid groups (broad SMARTS) is 1. The number of rotatable bonds is 11. The highest BCUT2D eigenvalue weighted by Crippen LogP contribution is 2.39. The van der Waals surface area contributed by atoms with E-state index in [0.29, 0.717) is 12.4 Å². The summed E-state index contributed by atoms with van der Waals surface area (Å²) in [5.41, 5.74) is 0.841. The number of carbonyl (C=O) groups is 1. The van der Waals surface area contributed by atoms with Crippen LogP contribution in [-0.2, 0) is 20.0 Å².